The maximum Gasteiger partial charge on any atom is 0.358 e. The fourth-order valence-corrected chi connectivity index (χ4v) is 3.08. The summed E-state index contributed by atoms with van der Waals surface area (Å²) in [7, 11) is 0. The van der Waals surface area contributed by atoms with Crippen molar-refractivity contribution in [2.24, 2.45) is 0 Å². The molecule has 0 radical (unpaired) electrons. The van der Waals surface area contributed by atoms with Crippen molar-refractivity contribution in [3.8, 4) is 0 Å². The number of rotatable bonds is 2. The predicted molar refractivity (Wildman–Crippen MR) is 80.7 cm³/mol. The van der Waals surface area contributed by atoms with Crippen molar-refractivity contribution in [3.05, 3.63) is 59.9 Å². The molecule has 0 aliphatic carbocycles. The largest absolute Gasteiger partial charge is 0.358 e. The maximum absolute atomic E-state index is 13.1. The number of nitrogens with zero attached hydrogens (tertiary/aromatic N) is 2. The lowest BCUT2D eigenvalue weighted by molar-refractivity contribution is -0.661. The number of para-hydroxylation sites is 2. The monoisotopic (exact) mass is 282 g/mol. The van der Waals surface area contributed by atoms with Crippen LogP contribution in [0.5, 0.6) is 0 Å². The summed E-state index contributed by atoms with van der Waals surface area (Å²) in [5, 5.41) is 3.50. The molecule has 0 bridgehead atoms. The van der Waals surface area contributed by atoms with Crippen molar-refractivity contribution in [3.63, 3.8) is 0 Å². The minimum atomic E-state index is -0.189. The number of fused-ring (bicyclic) bond motifs is 3. The van der Waals surface area contributed by atoms with E-state index in [1.54, 1.807) is 0 Å². The number of anilines is 1. The Morgan fingerprint density at radius 1 is 1.10 bits per heavy atom. The Morgan fingerprint density at radius 3 is 2.76 bits per heavy atom. The van der Waals surface area contributed by atoms with Gasteiger partial charge in [0.05, 0.1) is 19.6 Å². The van der Waals surface area contributed by atoms with Gasteiger partial charge in [-0.15, -0.1) is 0 Å². The van der Waals surface area contributed by atoms with Crippen LogP contribution < -0.4 is 9.88 Å². The van der Waals surface area contributed by atoms with E-state index in [4.69, 9.17) is 0 Å². The van der Waals surface area contributed by atoms with E-state index in [-0.39, 0.29) is 5.82 Å². The average Bonchev–Trinajstić information content (AvgIpc) is 2.85. The van der Waals surface area contributed by atoms with Crippen molar-refractivity contribution < 1.29 is 8.96 Å². The average molecular weight is 282 g/mol. The third kappa shape index (κ3) is 2.07. The SMILES string of the molecule is Fc1ccc(Cn2c3[n+](c4ccccc42)CCCN3)cc1. The van der Waals surface area contributed by atoms with Gasteiger partial charge in [0.15, 0.2) is 0 Å². The molecule has 3 aromatic rings. The number of halogens is 1. The fraction of sp³-hybridized carbons (Fsp3) is 0.235. The number of imidazole rings is 1. The molecule has 2 aromatic carbocycles. The van der Waals surface area contributed by atoms with Crippen LogP contribution >= 0.6 is 0 Å². The maximum atomic E-state index is 13.1. The number of hydrogen-bond donors (Lipinski definition) is 1. The molecule has 1 aliphatic rings. The van der Waals surface area contributed by atoms with Gasteiger partial charge < -0.3 is 0 Å². The summed E-state index contributed by atoms with van der Waals surface area (Å²) in [6.45, 7) is 2.79. The zero-order valence-electron chi connectivity index (χ0n) is 11.7. The molecule has 0 fully saturated rings. The summed E-state index contributed by atoms with van der Waals surface area (Å²) < 4.78 is 17.7. The smallest absolute Gasteiger partial charge is 0.277 e. The van der Waals surface area contributed by atoms with Gasteiger partial charge in [0.2, 0.25) is 0 Å². The molecule has 0 saturated carbocycles. The number of hydrogen-bond acceptors (Lipinski definition) is 1. The van der Waals surface area contributed by atoms with Crippen LogP contribution in [0, 0.1) is 5.82 Å². The molecular formula is C17H17FN3+. The summed E-state index contributed by atoms with van der Waals surface area (Å²) in [6, 6.07) is 15.2. The highest BCUT2D eigenvalue weighted by Gasteiger charge is 2.25. The van der Waals surface area contributed by atoms with E-state index in [0.717, 1.165) is 37.6 Å². The van der Waals surface area contributed by atoms with Crippen LogP contribution in [0.4, 0.5) is 10.3 Å². The van der Waals surface area contributed by atoms with Gasteiger partial charge in [-0.1, -0.05) is 24.3 Å². The van der Waals surface area contributed by atoms with E-state index in [1.807, 2.05) is 12.1 Å². The topological polar surface area (TPSA) is 20.8 Å². The third-order valence-corrected chi connectivity index (χ3v) is 4.07. The molecular weight excluding hydrogens is 265 g/mol. The van der Waals surface area contributed by atoms with Crippen molar-refractivity contribution in [2.75, 3.05) is 11.9 Å². The van der Waals surface area contributed by atoms with Gasteiger partial charge in [0.25, 0.3) is 0 Å². The van der Waals surface area contributed by atoms with E-state index < -0.39 is 0 Å². The van der Waals surface area contributed by atoms with Crippen molar-refractivity contribution in [1.29, 1.82) is 0 Å². The molecule has 1 aromatic heterocycles. The number of benzene rings is 2. The molecule has 0 atom stereocenters. The van der Waals surface area contributed by atoms with E-state index in [1.165, 1.54) is 23.2 Å². The van der Waals surface area contributed by atoms with E-state index in [0.29, 0.717) is 0 Å². The third-order valence-electron chi connectivity index (χ3n) is 4.07. The first-order valence-corrected chi connectivity index (χ1v) is 7.32. The van der Waals surface area contributed by atoms with E-state index in [2.05, 4.69) is 38.7 Å². The van der Waals surface area contributed by atoms with Crippen LogP contribution in [0.25, 0.3) is 11.0 Å². The highest BCUT2D eigenvalue weighted by atomic mass is 19.1. The lowest BCUT2D eigenvalue weighted by atomic mass is 10.2. The highest BCUT2D eigenvalue weighted by molar-refractivity contribution is 5.74. The molecule has 0 unspecified atom stereocenters. The lowest BCUT2D eigenvalue weighted by Crippen LogP contribution is -2.41. The Kier molecular flexibility index (Phi) is 2.88. The van der Waals surface area contributed by atoms with Gasteiger partial charge in [0, 0.05) is 6.42 Å². The summed E-state index contributed by atoms with van der Waals surface area (Å²) in [4.78, 5) is 0. The van der Waals surface area contributed by atoms with E-state index >= 15 is 0 Å². The fourth-order valence-electron chi connectivity index (χ4n) is 3.08. The molecule has 2 heterocycles. The van der Waals surface area contributed by atoms with Gasteiger partial charge in [-0.2, -0.15) is 0 Å². The number of aryl methyl sites for hydroxylation is 1. The van der Waals surface area contributed by atoms with Crippen LogP contribution in [0.15, 0.2) is 48.5 Å². The van der Waals surface area contributed by atoms with Gasteiger partial charge in [-0.05, 0) is 29.8 Å². The molecule has 4 heteroatoms. The predicted octanol–water partition coefficient (Wildman–Crippen LogP) is 2.93. The number of nitrogens with one attached hydrogen (secondary N) is 1. The second-order valence-electron chi connectivity index (χ2n) is 5.46. The molecule has 106 valence electrons. The Morgan fingerprint density at radius 2 is 1.90 bits per heavy atom. The Labute approximate surface area is 122 Å². The standard InChI is InChI=1S/C17H16FN3/c18-14-8-6-13(7-9-14)12-21-16-5-2-1-4-15(16)20-11-3-10-19-17(20)21/h1-2,4-9H,3,10-12H2/p+1. The normalized spacial score (nSPS) is 14.0. The van der Waals surface area contributed by atoms with Crippen LogP contribution in [-0.4, -0.2) is 11.1 Å². The van der Waals surface area contributed by atoms with Crippen LogP contribution in [0.2, 0.25) is 0 Å². The second-order valence-corrected chi connectivity index (χ2v) is 5.46. The minimum Gasteiger partial charge on any atom is -0.277 e. The molecule has 0 amide bonds. The molecule has 1 aliphatic heterocycles. The van der Waals surface area contributed by atoms with Crippen molar-refractivity contribution in [2.45, 2.75) is 19.5 Å². The first-order chi connectivity index (χ1) is 10.3. The lowest BCUT2D eigenvalue weighted by Gasteiger charge is -2.11. The Bertz CT molecular complexity index is 790. The summed E-state index contributed by atoms with van der Waals surface area (Å²) in [5.74, 6) is 0.956. The van der Waals surface area contributed by atoms with Crippen LogP contribution in [0.1, 0.15) is 12.0 Å². The molecule has 0 spiro atoms. The Hall–Kier alpha value is -2.36. The summed E-state index contributed by atoms with van der Waals surface area (Å²) in [6.07, 6.45) is 1.14. The highest BCUT2D eigenvalue weighted by Crippen LogP contribution is 2.21. The second kappa shape index (κ2) is 4.88. The van der Waals surface area contributed by atoms with Crippen LogP contribution in [0.3, 0.4) is 0 Å². The minimum absolute atomic E-state index is 0.189. The van der Waals surface area contributed by atoms with E-state index in [9.17, 15) is 4.39 Å². The zero-order chi connectivity index (χ0) is 14.2. The molecule has 21 heavy (non-hydrogen) atoms. The van der Waals surface area contributed by atoms with Gasteiger partial charge in [0.1, 0.15) is 16.9 Å². The number of aromatic nitrogens is 2. The molecule has 1 N–H and O–H groups in total. The summed E-state index contributed by atoms with van der Waals surface area (Å²) >= 11 is 0. The Balaban J connectivity index is 1.85. The van der Waals surface area contributed by atoms with Crippen molar-refractivity contribution >= 4 is 17.0 Å². The zero-order valence-corrected chi connectivity index (χ0v) is 11.7. The quantitative estimate of drug-likeness (QED) is 0.717. The molecule has 0 saturated heterocycles. The van der Waals surface area contributed by atoms with Gasteiger partial charge in [-0.25, -0.2) is 13.5 Å². The molecule has 3 nitrogen and oxygen atoms in total. The van der Waals surface area contributed by atoms with Gasteiger partial charge in [-0.3, -0.25) is 5.32 Å². The summed E-state index contributed by atoms with van der Waals surface area (Å²) in [5.41, 5.74) is 3.57. The van der Waals surface area contributed by atoms with Crippen molar-refractivity contribution in [1.82, 2.24) is 4.57 Å². The first-order valence-electron chi connectivity index (χ1n) is 7.32. The first kappa shape index (κ1) is 12.4. The van der Waals surface area contributed by atoms with Gasteiger partial charge >= 0.3 is 5.95 Å². The van der Waals surface area contributed by atoms with Crippen LogP contribution in [-0.2, 0) is 13.1 Å². The molecule has 4 rings (SSSR count).